The molecular weight excluding hydrogens is 230 g/mol. The van der Waals surface area contributed by atoms with Crippen LogP contribution in [0.3, 0.4) is 0 Å². The molecule has 1 heterocycles. The number of hydrogen-bond donors (Lipinski definition) is 2. The first-order valence-corrected chi connectivity index (χ1v) is 6.34. The molecule has 5 nitrogen and oxygen atoms in total. The average Bonchev–Trinajstić information content (AvgIpc) is 3.10. The largest absolute Gasteiger partial charge is 0.481 e. The maximum absolute atomic E-state index is 9.05. The molecule has 0 atom stereocenters. The number of nitrogens with zero attached hydrogens (tertiary/aromatic N) is 2. The van der Waals surface area contributed by atoms with Gasteiger partial charge in [0.05, 0.1) is 12.7 Å². The normalized spacial score (nSPS) is 16.4. The molecule has 0 bridgehead atoms. The van der Waals surface area contributed by atoms with Gasteiger partial charge >= 0.3 is 0 Å². The van der Waals surface area contributed by atoms with E-state index in [1.54, 1.807) is 7.11 Å². The minimum Gasteiger partial charge on any atom is -0.481 e. The second-order valence-electron chi connectivity index (χ2n) is 5.08. The summed E-state index contributed by atoms with van der Waals surface area (Å²) in [5, 5.41) is 12.4. The third-order valence-electron chi connectivity index (χ3n) is 3.64. The molecule has 2 N–H and O–H groups in total. The van der Waals surface area contributed by atoms with Gasteiger partial charge in [-0.05, 0) is 38.5 Å². The molecule has 1 aliphatic carbocycles. The van der Waals surface area contributed by atoms with Gasteiger partial charge in [0.2, 0.25) is 5.88 Å². The van der Waals surface area contributed by atoms with Crippen molar-refractivity contribution in [3.63, 3.8) is 0 Å². The summed E-state index contributed by atoms with van der Waals surface area (Å²) in [5.74, 6) is 2.16. The lowest BCUT2D eigenvalue weighted by Crippen LogP contribution is -2.18. The van der Waals surface area contributed by atoms with Crippen molar-refractivity contribution in [2.24, 2.45) is 5.41 Å². The predicted molar refractivity (Wildman–Crippen MR) is 69.9 cm³/mol. The molecule has 5 heteroatoms. The molecule has 0 aliphatic heterocycles. The molecule has 2 rings (SSSR count). The number of aryl methyl sites for hydroxylation is 1. The second-order valence-corrected chi connectivity index (χ2v) is 5.08. The summed E-state index contributed by atoms with van der Waals surface area (Å²) < 4.78 is 5.23. The fraction of sp³-hybridized carbons (Fsp3) is 0.692. The molecule has 18 heavy (non-hydrogen) atoms. The van der Waals surface area contributed by atoms with E-state index in [9.17, 15) is 0 Å². The van der Waals surface area contributed by atoms with E-state index in [1.165, 1.54) is 12.8 Å². The molecule has 0 unspecified atom stereocenters. The van der Waals surface area contributed by atoms with Crippen LogP contribution in [0.15, 0.2) is 0 Å². The fourth-order valence-corrected chi connectivity index (χ4v) is 2.17. The zero-order valence-electron chi connectivity index (χ0n) is 11.3. The minimum atomic E-state index is 0.257. The average molecular weight is 251 g/mol. The van der Waals surface area contributed by atoms with Gasteiger partial charge in [-0.25, -0.2) is 4.98 Å². The van der Waals surface area contributed by atoms with E-state index in [-0.39, 0.29) is 12.0 Å². The molecule has 0 amide bonds. The van der Waals surface area contributed by atoms with Crippen LogP contribution < -0.4 is 10.1 Å². The predicted octanol–water partition coefficient (Wildman–Crippen LogP) is 1.68. The van der Waals surface area contributed by atoms with Crippen molar-refractivity contribution in [1.29, 1.82) is 0 Å². The zero-order valence-corrected chi connectivity index (χ0v) is 11.3. The van der Waals surface area contributed by atoms with E-state index in [0.717, 1.165) is 24.3 Å². The van der Waals surface area contributed by atoms with E-state index in [0.29, 0.717) is 11.7 Å². The lowest BCUT2D eigenvalue weighted by atomic mass is 10.0. The summed E-state index contributed by atoms with van der Waals surface area (Å²) in [6.07, 6.45) is 3.22. The number of aromatic nitrogens is 2. The number of nitrogens with one attached hydrogen (secondary N) is 1. The van der Waals surface area contributed by atoms with Crippen LogP contribution in [0.5, 0.6) is 5.88 Å². The first-order chi connectivity index (χ1) is 8.60. The van der Waals surface area contributed by atoms with Gasteiger partial charge in [0, 0.05) is 13.2 Å². The summed E-state index contributed by atoms with van der Waals surface area (Å²) in [7, 11) is 1.62. The molecule has 100 valence electrons. The van der Waals surface area contributed by atoms with Gasteiger partial charge in [0.1, 0.15) is 11.6 Å². The van der Waals surface area contributed by atoms with Crippen molar-refractivity contribution in [2.45, 2.75) is 33.1 Å². The van der Waals surface area contributed by atoms with Gasteiger partial charge in [-0.3, -0.25) is 0 Å². The summed E-state index contributed by atoms with van der Waals surface area (Å²) in [6, 6.07) is 0. The van der Waals surface area contributed by atoms with Crippen molar-refractivity contribution in [3.8, 4) is 5.88 Å². The summed E-state index contributed by atoms with van der Waals surface area (Å²) >= 11 is 0. The van der Waals surface area contributed by atoms with Crippen LogP contribution in [0, 0.1) is 19.3 Å². The lowest BCUT2D eigenvalue weighted by molar-refractivity contribution is 0.253. The Morgan fingerprint density at radius 1 is 1.33 bits per heavy atom. The Kier molecular flexibility index (Phi) is 3.71. The number of anilines is 1. The number of ether oxygens (including phenoxy) is 1. The topological polar surface area (TPSA) is 67.3 Å². The third-order valence-corrected chi connectivity index (χ3v) is 3.64. The van der Waals surface area contributed by atoms with Gasteiger partial charge in [-0.15, -0.1) is 0 Å². The number of methoxy groups -OCH3 is 1. The number of aliphatic hydroxyl groups is 1. The minimum absolute atomic E-state index is 0.257. The highest BCUT2D eigenvalue weighted by Crippen LogP contribution is 2.48. The van der Waals surface area contributed by atoms with E-state index >= 15 is 0 Å². The van der Waals surface area contributed by atoms with Crippen LogP contribution in [0.25, 0.3) is 0 Å². The standard InChI is InChI=1S/C13H21N3O2/c1-9-11(15-10(2)16-12(9)18-3)14-8-13(4-5-13)6-7-17/h17H,4-8H2,1-3H3,(H,14,15,16). The number of rotatable bonds is 6. The molecule has 0 radical (unpaired) electrons. The molecule has 0 aromatic carbocycles. The first-order valence-electron chi connectivity index (χ1n) is 6.34. The Morgan fingerprint density at radius 3 is 2.61 bits per heavy atom. The molecule has 0 saturated heterocycles. The molecule has 1 aromatic rings. The molecule has 1 aliphatic rings. The molecule has 0 spiro atoms. The monoisotopic (exact) mass is 251 g/mol. The summed E-state index contributed by atoms with van der Waals surface area (Å²) in [4.78, 5) is 8.64. The lowest BCUT2D eigenvalue weighted by Gasteiger charge is -2.17. The maximum Gasteiger partial charge on any atom is 0.221 e. The summed E-state index contributed by atoms with van der Waals surface area (Å²) in [6.45, 7) is 4.92. The van der Waals surface area contributed by atoms with Crippen molar-refractivity contribution in [2.75, 3.05) is 25.6 Å². The molecule has 1 saturated carbocycles. The van der Waals surface area contributed by atoms with E-state index in [1.807, 2.05) is 13.8 Å². The van der Waals surface area contributed by atoms with Crippen molar-refractivity contribution >= 4 is 5.82 Å². The quantitative estimate of drug-likeness (QED) is 0.805. The Hall–Kier alpha value is -1.36. The van der Waals surface area contributed by atoms with E-state index in [4.69, 9.17) is 9.84 Å². The third kappa shape index (κ3) is 2.72. The van der Waals surface area contributed by atoms with E-state index in [2.05, 4.69) is 15.3 Å². The van der Waals surface area contributed by atoms with Gasteiger partial charge in [0.25, 0.3) is 0 Å². The maximum atomic E-state index is 9.05. The molecule has 1 aromatic heterocycles. The van der Waals surface area contributed by atoms with Gasteiger partial charge in [0.15, 0.2) is 0 Å². The molecular formula is C13H21N3O2. The fourth-order valence-electron chi connectivity index (χ4n) is 2.17. The van der Waals surface area contributed by atoms with Gasteiger partial charge in [-0.1, -0.05) is 0 Å². The molecule has 1 fully saturated rings. The van der Waals surface area contributed by atoms with E-state index < -0.39 is 0 Å². The van der Waals surface area contributed by atoms with Crippen molar-refractivity contribution < 1.29 is 9.84 Å². The van der Waals surface area contributed by atoms with Gasteiger partial charge in [-0.2, -0.15) is 4.98 Å². The number of hydrogen-bond acceptors (Lipinski definition) is 5. The Labute approximate surface area is 108 Å². The van der Waals surface area contributed by atoms with Crippen LogP contribution in [0.2, 0.25) is 0 Å². The summed E-state index contributed by atoms with van der Waals surface area (Å²) in [5.41, 5.74) is 1.20. The highest BCUT2D eigenvalue weighted by Gasteiger charge is 2.41. The van der Waals surface area contributed by atoms with Gasteiger partial charge < -0.3 is 15.2 Å². The van der Waals surface area contributed by atoms with Crippen molar-refractivity contribution in [3.05, 3.63) is 11.4 Å². The van der Waals surface area contributed by atoms with Crippen LogP contribution in [0.1, 0.15) is 30.7 Å². The Bertz CT molecular complexity index is 430. The second kappa shape index (κ2) is 5.10. The van der Waals surface area contributed by atoms with Crippen LogP contribution in [0.4, 0.5) is 5.82 Å². The van der Waals surface area contributed by atoms with Crippen LogP contribution >= 0.6 is 0 Å². The zero-order chi connectivity index (χ0) is 13.2. The van der Waals surface area contributed by atoms with Crippen LogP contribution in [-0.2, 0) is 0 Å². The highest BCUT2D eigenvalue weighted by atomic mass is 16.5. The first kappa shape index (κ1) is 13.1. The highest BCUT2D eigenvalue weighted by molar-refractivity contribution is 5.48. The Morgan fingerprint density at radius 2 is 2.06 bits per heavy atom. The SMILES string of the molecule is COc1nc(C)nc(NCC2(CCO)CC2)c1C. The Balaban J connectivity index is 2.07. The smallest absolute Gasteiger partial charge is 0.221 e. The van der Waals surface area contributed by atoms with Crippen molar-refractivity contribution in [1.82, 2.24) is 9.97 Å². The van der Waals surface area contributed by atoms with Crippen LogP contribution in [-0.4, -0.2) is 35.3 Å². The number of aliphatic hydroxyl groups excluding tert-OH is 1.